The van der Waals surface area contributed by atoms with Crippen molar-refractivity contribution in [3.05, 3.63) is 41.9 Å². The number of carbonyl (C=O) groups is 2. The molecular weight excluding hydrogens is 288 g/mol. The number of benzene rings is 1. The van der Waals surface area contributed by atoms with Crippen molar-refractivity contribution in [1.82, 2.24) is 0 Å². The predicted molar refractivity (Wildman–Crippen MR) is 77.6 cm³/mol. The smallest absolute Gasteiger partial charge is 0.373 e. The average Bonchev–Trinajstić information content (AvgIpc) is 2.98. The summed E-state index contributed by atoms with van der Waals surface area (Å²) in [6.45, 7) is 0.0847. The normalized spacial score (nSPS) is 13.5. The summed E-state index contributed by atoms with van der Waals surface area (Å²) in [6, 6.07) is 8.31. The summed E-state index contributed by atoms with van der Waals surface area (Å²) in [5.41, 5.74) is 6.89. The first-order valence-corrected chi connectivity index (χ1v) is 6.59. The first-order chi connectivity index (χ1) is 10.6. The Morgan fingerprint density at radius 1 is 1.36 bits per heavy atom. The maximum atomic E-state index is 12.1. The van der Waals surface area contributed by atoms with E-state index in [9.17, 15) is 9.59 Å². The minimum Gasteiger partial charge on any atom is -0.481 e. The number of para-hydroxylation sites is 1. The van der Waals surface area contributed by atoms with E-state index in [2.05, 4.69) is 4.74 Å². The molecule has 1 aromatic heterocycles. The molecule has 1 aliphatic heterocycles. The van der Waals surface area contributed by atoms with E-state index in [-0.39, 0.29) is 24.8 Å². The number of anilines is 2. The van der Waals surface area contributed by atoms with Gasteiger partial charge in [-0.05, 0) is 24.3 Å². The second-order valence-corrected chi connectivity index (χ2v) is 4.72. The Morgan fingerprint density at radius 3 is 2.95 bits per heavy atom. The van der Waals surface area contributed by atoms with Crippen molar-refractivity contribution in [2.45, 2.75) is 6.54 Å². The van der Waals surface area contributed by atoms with E-state index in [4.69, 9.17) is 14.9 Å². The van der Waals surface area contributed by atoms with Gasteiger partial charge in [-0.25, -0.2) is 4.79 Å². The van der Waals surface area contributed by atoms with Gasteiger partial charge in [-0.2, -0.15) is 0 Å². The van der Waals surface area contributed by atoms with Gasteiger partial charge in [0, 0.05) is 0 Å². The van der Waals surface area contributed by atoms with E-state index in [1.165, 1.54) is 18.1 Å². The topological polar surface area (TPSA) is 95.0 Å². The maximum Gasteiger partial charge on any atom is 0.373 e. The Morgan fingerprint density at radius 2 is 2.18 bits per heavy atom. The predicted octanol–water partition coefficient (Wildman–Crippen LogP) is 1.57. The molecule has 0 radical (unpaired) electrons. The van der Waals surface area contributed by atoms with Gasteiger partial charge in [-0.3, -0.25) is 9.69 Å². The van der Waals surface area contributed by atoms with Crippen molar-refractivity contribution in [2.24, 2.45) is 0 Å². The molecule has 2 aromatic rings. The van der Waals surface area contributed by atoms with Crippen LogP contribution in [0.3, 0.4) is 0 Å². The van der Waals surface area contributed by atoms with E-state index in [1.807, 2.05) is 0 Å². The third-order valence-electron chi connectivity index (χ3n) is 3.31. The Kier molecular flexibility index (Phi) is 3.46. The van der Waals surface area contributed by atoms with E-state index in [1.54, 1.807) is 24.3 Å². The molecule has 1 amide bonds. The number of hydrogen-bond acceptors (Lipinski definition) is 6. The summed E-state index contributed by atoms with van der Waals surface area (Å²) < 4.78 is 15.3. The molecule has 7 nitrogen and oxygen atoms in total. The van der Waals surface area contributed by atoms with Gasteiger partial charge in [0.15, 0.2) is 6.61 Å². The Labute approximate surface area is 126 Å². The molecule has 0 saturated heterocycles. The van der Waals surface area contributed by atoms with Gasteiger partial charge in [-0.1, -0.05) is 6.07 Å². The van der Waals surface area contributed by atoms with Crippen LogP contribution in [0.2, 0.25) is 0 Å². The molecule has 1 aromatic carbocycles. The summed E-state index contributed by atoms with van der Waals surface area (Å²) in [7, 11) is 1.27. The van der Waals surface area contributed by atoms with Crippen LogP contribution in [0.1, 0.15) is 16.3 Å². The lowest BCUT2D eigenvalue weighted by Crippen LogP contribution is -2.38. The van der Waals surface area contributed by atoms with Gasteiger partial charge in [0.05, 0.1) is 19.3 Å². The van der Waals surface area contributed by atoms with Crippen LogP contribution in [0.15, 0.2) is 34.7 Å². The maximum absolute atomic E-state index is 12.1. The minimum atomic E-state index is -0.570. The van der Waals surface area contributed by atoms with Crippen LogP contribution < -0.4 is 15.4 Å². The highest BCUT2D eigenvalue weighted by molar-refractivity contribution is 6.01. The number of nitrogen functional groups attached to an aromatic ring is 1. The van der Waals surface area contributed by atoms with Gasteiger partial charge in [0.1, 0.15) is 17.2 Å². The molecule has 0 atom stereocenters. The Bertz CT molecular complexity index is 737. The van der Waals surface area contributed by atoms with Crippen LogP contribution in [0.25, 0.3) is 0 Å². The van der Waals surface area contributed by atoms with Crippen molar-refractivity contribution in [1.29, 1.82) is 0 Å². The lowest BCUT2D eigenvalue weighted by molar-refractivity contribution is -0.121. The second kappa shape index (κ2) is 5.44. The number of nitrogens with two attached hydrogens (primary N) is 1. The molecule has 3 rings (SSSR count). The van der Waals surface area contributed by atoms with Gasteiger partial charge < -0.3 is 19.6 Å². The molecule has 22 heavy (non-hydrogen) atoms. The van der Waals surface area contributed by atoms with E-state index in [0.29, 0.717) is 22.9 Å². The highest BCUT2D eigenvalue weighted by Crippen LogP contribution is 2.38. The van der Waals surface area contributed by atoms with Crippen molar-refractivity contribution in [2.75, 3.05) is 24.4 Å². The third kappa shape index (κ3) is 2.37. The largest absolute Gasteiger partial charge is 0.481 e. The average molecular weight is 302 g/mol. The second-order valence-electron chi connectivity index (χ2n) is 4.72. The monoisotopic (exact) mass is 302 g/mol. The number of rotatable bonds is 3. The standard InChI is InChI=1S/C15H14N2O5/c1-20-15(19)12-6-5-9(22-12)7-17-13(18)8-21-11-4-2-3-10(16)14(11)17/h2-6H,7-8,16H2,1H3. The Balaban J connectivity index is 1.91. The number of esters is 1. The fourth-order valence-corrected chi connectivity index (χ4v) is 2.28. The first-order valence-electron chi connectivity index (χ1n) is 6.59. The minimum absolute atomic E-state index is 0.0684. The number of methoxy groups -OCH3 is 1. The zero-order valence-corrected chi connectivity index (χ0v) is 11.9. The van der Waals surface area contributed by atoms with Crippen LogP contribution in [0.4, 0.5) is 11.4 Å². The number of hydrogen-bond donors (Lipinski definition) is 1. The number of carbonyl (C=O) groups excluding carboxylic acids is 2. The van der Waals surface area contributed by atoms with E-state index in [0.717, 1.165) is 0 Å². The number of ether oxygens (including phenoxy) is 2. The lowest BCUT2D eigenvalue weighted by atomic mass is 10.2. The van der Waals surface area contributed by atoms with Crippen LogP contribution in [-0.4, -0.2) is 25.6 Å². The molecular formula is C15H14N2O5. The zero-order valence-electron chi connectivity index (χ0n) is 11.9. The number of furan rings is 1. The molecule has 2 N–H and O–H groups in total. The molecule has 0 fully saturated rings. The van der Waals surface area contributed by atoms with Gasteiger partial charge >= 0.3 is 5.97 Å². The molecule has 2 heterocycles. The lowest BCUT2D eigenvalue weighted by Gasteiger charge is -2.29. The quantitative estimate of drug-likeness (QED) is 0.683. The van der Waals surface area contributed by atoms with Crippen molar-refractivity contribution in [3.8, 4) is 5.75 Å². The van der Waals surface area contributed by atoms with Gasteiger partial charge in [0.2, 0.25) is 5.76 Å². The summed E-state index contributed by atoms with van der Waals surface area (Å²) in [5.74, 6) is 0.268. The number of nitrogens with zero attached hydrogens (tertiary/aromatic N) is 1. The summed E-state index contributed by atoms with van der Waals surface area (Å²) in [6.07, 6.45) is 0. The molecule has 114 valence electrons. The van der Waals surface area contributed by atoms with Crippen molar-refractivity contribution >= 4 is 23.3 Å². The van der Waals surface area contributed by atoms with Crippen LogP contribution in [-0.2, 0) is 16.1 Å². The van der Waals surface area contributed by atoms with Gasteiger partial charge in [-0.15, -0.1) is 0 Å². The summed E-state index contributed by atoms with van der Waals surface area (Å²) >= 11 is 0. The number of amides is 1. The fourth-order valence-electron chi connectivity index (χ4n) is 2.28. The van der Waals surface area contributed by atoms with Crippen molar-refractivity contribution in [3.63, 3.8) is 0 Å². The highest BCUT2D eigenvalue weighted by Gasteiger charge is 2.28. The molecule has 0 saturated carbocycles. The molecule has 7 heteroatoms. The first kappa shape index (κ1) is 14.0. The molecule has 1 aliphatic rings. The fraction of sp³-hybridized carbons (Fsp3) is 0.200. The Hall–Kier alpha value is -2.96. The van der Waals surface area contributed by atoms with Crippen molar-refractivity contribution < 1.29 is 23.5 Å². The van der Waals surface area contributed by atoms with E-state index >= 15 is 0 Å². The van der Waals surface area contributed by atoms with E-state index < -0.39 is 5.97 Å². The number of fused-ring (bicyclic) bond motifs is 1. The molecule has 0 spiro atoms. The van der Waals surface area contributed by atoms with Crippen LogP contribution in [0, 0.1) is 0 Å². The third-order valence-corrected chi connectivity index (χ3v) is 3.31. The van der Waals surface area contributed by atoms with Gasteiger partial charge in [0.25, 0.3) is 5.91 Å². The summed E-state index contributed by atoms with van der Waals surface area (Å²) in [4.78, 5) is 25.0. The molecule has 0 bridgehead atoms. The summed E-state index contributed by atoms with van der Waals surface area (Å²) in [5, 5.41) is 0. The molecule has 0 aliphatic carbocycles. The highest BCUT2D eigenvalue weighted by atomic mass is 16.5. The van der Waals surface area contributed by atoms with Crippen LogP contribution >= 0.6 is 0 Å². The molecule has 0 unspecified atom stereocenters. The SMILES string of the molecule is COC(=O)c1ccc(CN2C(=O)COc3cccc(N)c32)o1. The van der Waals surface area contributed by atoms with Crippen LogP contribution in [0.5, 0.6) is 5.75 Å². The zero-order chi connectivity index (χ0) is 15.7.